The van der Waals surface area contributed by atoms with Crippen LogP contribution in [0.5, 0.6) is 0 Å². The zero-order valence-electron chi connectivity index (χ0n) is 14.6. The van der Waals surface area contributed by atoms with Crippen LogP contribution in [0, 0.1) is 6.92 Å². The Kier molecular flexibility index (Phi) is 4.71. The molecule has 1 aromatic heterocycles. The first-order valence-electron chi connectivity index (χ1n) is 8.55. The Balaban J connectivity index is 1.89. The Morgan fingerprint density at radius 2 is 2.04 bits per heavy atom. The molecular weight excluding hydrogens is 302 g/mol. The van der Waals surface area contributed by atoms with Gasteiger partial charge in [0.25, 0.3) is 5.91 Å². The number of benzene rings is 1. The molecule has 1 saturated heterocycles. The van der Waals surface area contributed by atoms with Gasteiger partial charge in [0.2, 0.25) is 5.43 Å². The number of H-pyrrole nitrogens is 1. The summed E-state index contributed by atoms with van der Waals surface area (Å²) < 4.78 is 0. The summed E-state index contributed by atoms with van der Waals surface area (Å²) in [6.07, 6.45) is 4.57. The number of hydrogen-bond donors (Lipinski definition) is 1. The number of aromatic amines is 1. The average Bonchev–Trinajstić information content (AvgIpc) is 2.81. The highest BCUT2D eigenvalue weighted by molar-refractivity contribution is 5.97. The maximum Gasteiger partial charge on any atom is 0.259 e. The molecule has 0 bridgehead atoms. The summed E-state index contributed by atoms with van der Waals surface area (Å²) >= 11 is 0. The third-order valence-corrected chi connectivity index (χ3v) is 4.98. The molecule has 2 heterocycles. The Hall–Kier alpha value is -2.14. The maximum absolute atomic E-state index is 12.9. The molecule has 5 nitrogen and oxygen atoms in total. The van der Waals surface area contributed by atoms with Gasteiger partial charge in [-0.3, -0.25) is 9.59 Å². The van der Waals surface area contributed by atoms with Gasteiger partial charge in [-0.05, 0) is 52.4 Å². The van der Waals surface area contributed by atoms with E-state index in [2.05, 4.69) is 24.0 Å². The first kappa shape index (κ1) is 16.7. The molecule has 1 unspecified atom stereocenters. The van der Waals surface area contributed by atoms with E-state index in [0.717, 1.165) is 30.3 Å². The third kappa shape index (κ3) is 3.22. The maximum atomic E-state index is 12.9. The molecule has 1 aliphatic heterocycles. The highest BCUT2D eigenvalue weighted by atomic mass is 16.2. The number of aromatic nitrogens is 1. The monoisotopic (exact) mass is 327 g/mol. The number of amides is 1. The lowest BCUT2D eigenvalue weighted by Crippen LogP contribution is -2.36. The molecular formula is C19H25N3O2. The van der Waals surface area contributed by atoms with Crippen LogP contribution in [0.3, 0.4) is 0 Å². The molecule has 5 heteroatoms. The Morgan fingerprint density at radius 3 is 2.79 bits per heavy atom. The quantitative estimate of drug-likeness (QED) is 0.921. The number of pyridine rings is 1. The lowest BCUT2D eigenvalue weighted by molar-refractivity contribution is 0.0757. The Morgan fingerprint density at radius 1 is 1.25 bits per heavy atom. The molecule has 1 fully saturated rings. The number of fused-ring (bicyclic) bond motifs is 1. The largest absolute Gasteiger partial charge is 0.360 e. The molecule has 3 rings (SSSR count). The van der Waals surface area contributed by atoms with Crippen molar-refractivity contribution in [1.82, 2.24) is 14.8 Å². The standard InChI is InChI=1S/C19H25N3O2/c1-13-6-7-17-15(11-13)18(23)16(12-20-17)19(24)22-9-4-5-14(8-10-22)21(2)3/h6-7,11-12,14H,4-5,8-10H2,1-3H3,(H,20,23). The third-order valence-electron chi connectivity index (χ3n) is 4.98. The van der Waals surface area contributed by atoms with Crippen molar-refractivity contribution in [1.29, 1.82) is 0 Å². The van der Waals surface area contributed by atoms with Crippen LogP contribution in [0.2, 0.25) is 0 Å². The van der Waals surface area contributed by atoms with Gasteiger partial charge in [0.1, 0.15) is 5.56 Å². The van der Waals surface area contributed by atoms with Crippen molar-refractivity contribution in [2.24, 2.45) is 0 Å². The van der Waals surface area contributed by atoms with Crippen molar-refractivity contribution in [3.8, 4) is 0 Å². The van der Waals surface area contributed by atoms with Crippen LogP contribution in [-0.2, 0) is 0 Å². The summed E-state index contributed by atoms with van der Waals surface area (Å²) in [7, 11) is 4.16. The highest BCUT2D eigenvalue weighted by Crippen LogP contribution is 2.17. The minimum atomic E-state index is -0.175. The van der Waals surface area contributed by atoms with Crippen LogP contribution in [0.25, 0.3) is 10.9 Å². The number of nitrogens with one attached hydrogen (secondary N) is 1. The minimum Gasteiger partial charge on any atom is -0.360 e. The molecule has 1 N–H and O–H groups in total. The molecule has 1 amide bonds. The van der Waals surface area contributed by atoms with Crippen molar-refractivity contribution in [3.63, 3.8) is 0 Å². The average molecular weight is 327 g/mol. The zero-order chi connectivity index (χ0) is 17.3. The molecule has 1 aromatic carbocycles. The fraction of sp³-hybridized carbons (Fsp3) is 0.474. The fourth-order valence-corrected chi connectivity index (χ4v) is 3.46. The van der Waals surface area contributed by atoms with Gasteiger partial charge >= 0.3 is 0 Å². The normalized spacial score (nSPS) is 18.8. The second-order valence-electron chi connectivity index (χ2n) is 6.92. The van der Waals surface area contributed by atoms with Crippen molar-refractivity contribution >= 4 is 16.8 Å². The molecule has 0 aliphatic carbocycles. The molecule has 2 aromatic rings. The second-order valence-corrected chi connectivity index (χ2v) is 6.92. The molecule has 0 spiro atoms. The lowest BCUT2D eigenvalue weighted by Gasteiger charge is -2.23. The SMILES string of the molecule is Cc1ccc2[nH]cc(C(=O)N3CCCC(N(C)C)CC3)c(=O)c2c1. The predicted octanol–water partition coefficient (Wildman–Crippen LogP) is 2.39. The van der Waals surface area contributed by atoms with Gasteiger partial charge in [-0.1, -0.05) is 11.6 Å². The topological polar surface area (TPSA) is 56.4 Å². The smallest absolute Gasteiger partial charge is 0.259 e. The van der Waals surface area contributed by atoms with Gasteiger partial charge in [-0.25, -0.2) is 0 Å². The number of rotatable bonds is 2. The highest BCUT2D eigenvalue weighted by Gasteiger charge is 2.24. The summed E-state index contributed by atoms with van der Waals surface area (Å²) in [5.74, 6) is -0.154. The number of carbonyl (C=O) groups excluding carboxylic acids is 1. The number of aryl methyl sites for hydroxylation is 1. The number of nitrogens with zero attached hydrogens (tertiary/aromatic N) is 2. The van der Waals surface area contributed by atoms with E-state index in [4.69, 9.17) is 0 Å². The summed E-state index contributed by atoms with van der Waals surface area (Å²) in [5.41, 5.74) is 1.86. The van der Waals surface area contributed by atoms with Crippen LogP contribution in [0.4, 0.5) is 0 Å². The second kappa shape index (κ2) is 6.77. The van der Waals surface area contributed by atoms with Crippen molar-refractivity contribution in [2.45, 2.75) is 32.2 Å². The Bertz CT molecular complexity index is 810. The first-order chi connectivity index (χ1) is 11.5. The minimum absolute atomic E-state index is 0.154. The zero-order valence-corrected chi connectivity index (χ0v) is 14.6. The molecule has 0 saturated carbocycles. The van der Waals surface area contributed by atoms with Gasteiger partial charge in [0.15, 0.2) is 0 Å². The predicted molar refractivity (Wildman–Crippen MR) is 96.5 cm³/mol. The van der Waals surface area contributed by atoms with E-state index in [1.807, 2.05) is 30.0 Å². The van der Waals surface area contributed by atoms with E-state index in [1.54, 1.807) is 6.20 Å². The van der Waals surface area contributed by atoms with E-state index in [1.165, 1.54) is 0 Å². The molecule has 24 heavy (non-hydrogen) atoms. The number of carbonyl (C=O) groups is 1. The van der Waals surface area contributed by atoms with Gasteiger partial charge in [0.05, 0.1) is 0 Å². The van der Waals surface area contributed by atoms with E-state index in [-0.39, 0.29) is 16.9 Å². The van der Waals surface area contributed by atoms with E-state index < -0.39 is 0 Å². The van der Waals surface area contributed by atoms with E-state index >= 15 is 0 Å². The van der Waals surface area contributed by atoms with Crippen LogP contribution >= 0.6 is 0 Å². The van der Waals surface area contributed by atoms with Gasteiger partial charge in [0, 0.05) is 36.2 Å². The van der Waals surface area contributed by atoms with Gasteiger partial charge in [-0.15, -0.1) is 0 Å². The number of likely N-dealkylation sites (tertiary alicyclic amines) is 1. The fourth-order valence-electron chi connectivity index (χ4n) is 3.46. The summed E-state index contributed by atoms with van der Waals surface area (Å²) in [6, 6.07) is 6.18. The van der Waals surface area contributed by atoms with Crippen molar-refractivity contribution < 1.29 is 4.79 Å². The molecule has 1 aliphatic rings. The summed E-state index contributed by atoms with van der Waals surface area (Å²) in [6.45, 7) is 3.37. The van der Waals surface area contributed by atoms with Gasteiger partial charge < -0.3 is 14.8 Å². The summed E-state index contributed by atoms with van der Waals surface area (Å²) in [4.78, 5) is 32.8. The van der Waals surface area contributed by atoms with Crippen LogP contribution in [-0.4, -0.2) is 53.9 Å². The van der Waals surface area contributed by atoms with Crippen molar-refractivity contribution in [2.75, 3.05) is 27.2 Å². The molecule has 128 valence electrons. The van der Waals surface area contributed by atoms with E-state index in [9.17, 15) is 9.59 Å². The molecule has 0 radical (unpaired) electrons. The molecule has 1 atom stereocenters. The van der Waals surface area contributed by atoms with Crippen LogP contribution in [0.1, 0.15) is 35.2 Å². The lowest BCUT2D eigenvalue weighted by atomic mass is 10.1. The van der Waals surface area contributed by atoms with Crippen LogP contribution in [0.15, 0.2) is 29.2 Å². The van der Waals surface area contributed by atoms with E-state index in [0.29, 0.717) is 24.5 Å². The number of hydrogen-bond acceptors (Lipinski definition) is 3. The van der Waals surface area contributed by atoms with Crippen molar-refractivity contribution in [3.05, 3.63) is 45.7 Å². The Labute approximate surface area is 142 Å². The first-order valence-corrected chi connectivity index (χ1v) is 8.55. The van der Waals surface area contributed by atoms with Crippen LogP contribution < -0.4 is 5.43 Å². The van der Waals surface area contributed by atoms with Gasteiger partial charge in [-0.2, -0.15) is 0 Å². The summed E-state index contributed by atoms with van der Waals surface area (Å²) in [5, 5.41) is 0.585.